The van der Waals surface area contributed by atoms with Crippen LogP contribution in [0.2, 0.25) is 0 Å². The highest BCUT2D eigenvalue weighted by atomic mass is 16.6. The third kappa shape index (κ3) is 1.98. The lowest BCUT2D eigenvalue weighted by atomic mass is 10.1. The predicted octanol–water partition coefficient (Wildman–Crippen LogP) is 0.169. The molecule has 0 unspecified atom stereocenters. The van der Waals surface area contributed by atoms with Crippen LogP contribution in [0.15, 0.2) is 18.2 Å². The van der Waals surface area contributed by atoms with Crippen molar-refractivity contribution >= 4 is 11.4 Å². The summed E-state index contributed by atoms with van der Waals surface area (Å²) in [6.07, 6.45) is 0. The van der Waals surface area contributed by atoms with Crippen molar-refractivity contribution in [2.75, 3.05) is 12.3 Å². The van der Waals surface area contributed by atoms with Gasteiger partial charge in [0.25, 0.3) is 5.69 Å². The molecule has 76 valence electrons. The van der Waals surface area contributed by atoms with E-state index in [-0.39, 0.29) is 18.0 Å². The normalized spacial score (nSPS) is 12.4. The monoisotopic (exact) mass is 197 g/mol. The van der Waals surface area contributed by atoms with Crippen LogP contribution in [0.5, 0.6) is 0 Å². The topological polar surface area (TPSA) is 115 Å². The lowest BCUT2D eigenvalue weighted by molar-refractivity contribution is -0.384. The quantitative estimate of drug-likeness (QED) is 0.363. The Labute approximate surface area is 80.3 Å². The first kappa shape index (κ1) is 10.4. The maximum atomic E-state index is 10.5. The van der Waals surface area contributed by atoms with Crippen molar-refractivity contribution in [2.24, 2.45) is 5.73 Å². The van der Waals surface area contributed by atoms with E-state index in [0.717, 1.165) is 0 Å². The number of benzene rings is 1. The summed E-state index contributed by atoms with van der Waals surface area (Å²) in [5.41, 5.74) is 11.3. The SMILES string of the molecule is Nc1ccc([C@@H](N)CO)cc1[N+](=O)[O-]. The number of nitrogens with zero attached hydrogens (tertiary/aromatic N) is 1. The van der Waals surface area contributed by atoms with Crippen molar-refractivity contribution in [1.29, 1.82) is 0 Å². The fourth-order valence-corrected chi connectivity index (χ4v) is 1.05. The second-order valence-corrected chi connectivity index (χ2v) is 2.86. The van der Waals surface area contributed by atoms with E-state index < -0.39 is 11.0 Å². The molecule has 0 heterocycles. The maximum absolute atomic E-state index is 10.5. The number of nitro benzene ring substituents is 1. The van der Waals surface area contributed by atoms with Gasteiger partial charge in [0.2, 0.25) is 0 Å². The average molecular weight is 197 g/mol. The van der Waals surface area contributed by atoms with E-state index in [4.69, 9.17) is 16.6 Å². The molecule has 0 aromatic heterocycles. The Morgan fingerprint density at radius 1 is 1.57 bits per heavy atom. The third-order valence-corrected chi connectivity index (χ3v) is 1.88. The van der Waals surface area contributed by atoms with Gasteiger partial charge in [-0.1, -0.05) is 6.07 Å². The van der Waals surface area contributed by atoms with Crippen LogP contribution in [0.3, 0.4) is 0 Å². The van der Waals surface area contributed by atoms with E-state index in [2.05, 4.69) is 0 Å². The molecular weight excluding hydrogens is 186 g/mol. The zero-order valence-electron chi connectivity index (χ0n) is 7.38. The molecule has 0 aliphatic carbocycles. The van der Waals surface area contributed by atoms with Gasteiger partial charge in [-0.05, 0) is 11.6 Å². The Hall–Kier alpha value is -1.66. The molecule has 1 aromatic rings. The number of anilines is 1. The van der Waals surface area contributed by atoms with Crippen LogP contribution in [0, 0.1) is 10.1 Å². The van der Waals surface area contributed by atoms with Crippen LogP contribution in [0.25, 0.3) is 0 Å². The molecule has 5 N–H and O–H groups in total. The minimum absolute atomic E-state index is 0.0869. The molecule has 0 aliphatic heterocycles. The first-order valence-electron chi connectivity index (χ1n) is 3.96. The Morgan fingerprint density at radius 2 is 2.21 bits per heavy atom. The summed E-state index contributed by atoms with van der Waals surface area (Å²) in [7, 11) is 0. The van der Waals surface area contributed by atoms with E-state index in [1.54, 1.807) is 6.07 Å². The Bertz CT molecular complexity index is 354. The molecule has 6 heteroatoms. The molecule has 0 aliphatic rings. The number of aliphatic hydroxyl groups is 1. The van der Waals surface area contributed by atoms with E-state index >= 15 is 0 Å². The molecule has 14 heavy (non-hydrogen) atoms. The summed E-state index contributed by atoms with van der Waals surface area (Å²) in [6, 6.07) is 3.62. The average Bonchev–Trinajstić information content (AvgIpc) is 2.17. The van der Waals surface area contributed by atoms with Gasteiger partial charge in [0.15, 0.2) is 0 Å². The number of nitro groups is 1. The van der Waals surface area contributed by atoms with Gasteiger partial charge in [-0.3, -0.25) is 10.1 Å². The number of aliphatic hydroxyl groups excluding tert-OH is 1. The van der Waals surface area contributed by atoms with Crippen molar-refractivity contribution in [2.45, 2.75) is 6.04 Å². The van der Waals surface area contributed by atoms with E-state index in [1.165, 1.54) is 12.1 Å². The van der Waals surface area contributed by atoms with E-state index in [0.29, 0.717) is 5.56 Å². The van der Waals surface area contributed by atoms with Gasteiger partial charge >= 0.3 is 0 Å². The molecule has 0 amide bonds. The summed E-state index contributed by atoms with van der Waals surface area (Å²) in [5, 5.41) is 19.3. The van der Waals surface area contributed by atoms with Gasteiger partial charge < -0.3 is 16.6 Å². The summed E-state index contributed by atoms with van der Waals surface area (Å²) in [4.78, 5) is 9.93. The van der Waals surface area contributed by atoms with Crippen LogP contribution < -0.4 is 11.5 Å². The molecule has 0 saturated heterocycles. The second kappa shape index (κ2) is 4.03. The minimum Gasteiger partial charge on any atom is -0.394 e. The molecule has 0 fully saturated rings. The van der Waals surface area contributed by atoms with Crippen molar-refractivity contribution in [3.05, 3.63) is 33.9 Å². The van der Waals surface area contributed by atoms with Crippen molar-refractivity contribution in [1.82, 2.24) is 0 Å². The van der Waals surface area contributed by atoms with Crippen LogP contribution in [0.4, 0.5) is 11.4 Å². The molecule has 0 bridgehead atoms. The molecule has 0 saturated carbocycles. The fourth-order valence-electron chi connectivity index (χ4n) is 1.05. The molecule has 0 spiro atoms. The van der Waals surface area contributed by atoms with E-state index in [1.807, 2.05) is 0 Å². The lowest BCUT2D eigenvalue weighted by Gasteiger charge is -2.08. The Balaban J connectivity index is 3.12. The molecule has 6 nitrogen and oxygen atoms in total. The number of hydrogen-bond donors (Lipinski definition) is 3. The molecule has 1 rings (SSSR count). The van der Waals surface area contributed by atoms with Crippen molar-refractivity contribution in [3.63, 3.8) is 0 Å². The molecule has 0 radical (unpaired) electrons. The molecular formula is C8H11N3O3. The number of hydrogen-bond acceptors (Lipinski definition) is 5. The van der Waals surface area contributed by atoms with Crippen LogP contribution in [-0.4, -0.2) is 16.6 Å². The van der Waals surface area contributed by atoms with Crippen molar-refractivity contribution < 1.29 is 10.0 Å². The number of nitrogen functional groups attached to an aromatic ring is 1. The summed E-state index contributed by atoms with van der Waals surface area (Å²) in [6.45, 7) is -0.263. The highest BCUT2D eigenvalue weighted by molar-refractivity contribution is 5.59. The van der Waals surface area contributed by atoms with Crippen LogP contribution in [0.1, 0.15) is 11.6 Å². The molecule has 1 aromatic carbocycles. The summed E-state index contributed by atoms with van der Waals surface area (Å²) < 4.78 is 0. The lowest BCUT2D eigenvalue weighted by Crippen LogP contribution is -2.14. The van der Waals surface area contributed by atoms with Crippen LogP contribution >= 0.6 is 0 Å². The smallest absolute Gasteiger partial charge is 0.292 e. The first-order chi connectivity index (χ1) is 6.56. The third-order valence-electron chi connectivity index (χ3n) is 1.88. The van der Waals surface area contributed by atoms with E-state index in [9.17, 15) is 10.1 Å². The number of nitrogens with two attached hydrogens (primary N) is 2. The largest absolute Gasteiger partial charge is 0.394 e. The van der Waals surface area contributed by atoms with Gasteiger partial charge in [-0.15, -0.1) is 0 Å². The Kier molecular flexibility index (Phi) is 3.00. The number of rotatable bonds is 3. The van der Waals surface area contributed by atoms with Gasteiger partial charge in [0.1, 0.15) is 5.69 Å². The zero-order valence-corrected chi connectivity index (χ0v) is 7.38. The predicted molar refractivity (Wildman–Crippen MR) is 51.5 cm³/mol. The maximum Gasteiger partial charge on any atom is 0.292 e. The van der Waals surface area contributed by atoms with Gasteiger partial charge in [0.05, 0.1) is 17.6 Å². The van der Waals surface area contributed by atoms with Gasteiger partial charge in [0, 0.05) is 6.07 Å². The molecule has 1 atom stereocenters. The zero-order chi connectivity index (χ0) is 10.7. The van der Waals surface area contributed by atoms with Crippen molar-refractivity contribution in [3.8, 4) is 0 Å². The summed E-state index contributed by atoms with van der Waals surface area (Å²) >= 11 is 0. The standard InChI is InChI=1S/C8H11N3O3/c9-6-2-1-5(7(10)4-12)3-8(6)11(13)14/h1-3,7,12H,4,9-10H2/t7-/m0/s1. The van der Waals surface area contributed by atoms with Gasteiger partial charge in [-0.2, -0.15) is 0 Å². The first-order valence-corrected chi connectivity index (χ1v) is 3.96. The summed E-state index contributed by atoms with van der Waals surface area (Å²) in [5.74, 6) is 0. The second-order valence-electron chi connectivity index (χ2n) is 2.86. The highest BCUT2D eigenvalue weighted by Crippen LogP contribution is 2.24. The fraction of sp³-hybridized carbons (Fsp3) is 0.250. The highest BCUT2D eigenvalue weighted by Gasteiger charge is 2.14. The van der Waals surface area contributed by atoms with Crippen LogP contribution in [-0.2, 0) is 0 Å². The van der Waals surface area contributed by atoms with Gasteiger partial charge in [-0.25, -0.2) is 0 Å². The minimum atomic E-state index is -0.616. The Morgan fingerprint density at radius 3 is 2.71 bits per heavy atom.